The predicted molar refractivity (Wildman–Crippen MR) is 71.0 cm³/mol. The highest BCUT2D eigenvalue weighted by atomic mass is 16.6. The third-order valence-electron chi connectivity index (χ3n) is 2.49. The van der Waals surface area contributed by atoms with Crippen LogP contribution >= 0.6 is 0 Å². The number of rotatable bonds is 4. The Hall–Kier alpha value is -3.03. The lowest BCUT2D eigenvalue weighted by atomic mass is 10.2. The van der Waals surface area contributed by atoms with Gasteiger partial charge < -0.3 is 10.5 Å². The number of non-ortho nitro benzene ring substituents is 1. The summed E-state index contributed by atoms with van der Waals surface area (Å²) in [6.45, 7) is 1.74. The van der Waals surface area contributed by atoms with Crippen LogP contribution in [0.2, 0.25) is 0 Å². The van der Waals surface area contributed by atoms with Gasteiger partial charge in [-0.05, 0) is 24.6 Å². The van der Waals surface area contributed by atoms with Crippen LogP contribution in [0.4, 0.5) is 5.69 Å². The zero-order valence-corrected chi connectivity index (χ0v) is 10.5. The Morgan fingerprint density at radius 2 is 2.20 bits per heavy atom. The van der Waals surface area contributed by atoms with E-state index in [-0.39, 0.29) is 29.0 Å². The van der Waals surface area contributed by atoms with E-state index in [1.807, 2.05) is 0 Å². The van der Waals surface area contributed by atoms with Gasteiger partial charge in [0.2, 0.25) is 0 Å². The lowest BCUT2D eigenvalue weighted by Gasteiger charge is -2.07. The van der Waals surface area contributed by atoms with Crippen LogP contribution in [0.15, 0.2) is 30.5 Å². The van der Waals surface area contributed by atoms with Crippen molar-refractivity contribution in [3.05, 3.63) is 51.8 Å². The molecule has 0 aliphatic carbocycles. The highest BCUT2D eigenvalue weighted by molar-refractivity contribution is 5.92. The number of nitrogens with one attached hydrogen (secondary N) is 1. The standard InChI is InChI=1S/C12H11N5O3/c1-7-2-3-8(17(18)19)6-10(7)20-12-15-5-4-9(16-12)11(13)14/h2-6H,1H3,(H3,13,14). The van der Waals surface area contributed by atoms with Crippen LogP contribution in [0.3, 0.4) is 0 Å². The molecule has 0 aliphatic heterocycles. The highest BCUT2D eigenvalue weighted by Crippen LogP contribution is 2.27. The topological polar surface area (TPSA) is 128 Å². The molecule has 102 valence electrons. The molecule has 20 heavy (non-hydrogen) atoms. The summed E-state index contributed by atoms with van der Waals surface area (Å²) in [5, 5.41) is 18.0. The number of amidine groups is 1. The Labute approximate surface area is 113 Å². The fraction of sp³-hybridized carbons (Fsp3) is 0.0833. The maximum atomic E-state index is 10.7. The van der Waals surface area contributed by atoms with E-state index in [0.717, 1.165) is 0 Å². The van der Waals surface area contributed by atoms with E-state index in [1.165, 1.54) is 24.4 Å². The first-order valence-electron chi connectivity index (χ1n) is 5.57. The Bertz CT molecular complexity index is 687. The van der Waals surface area contributed by atoms with Crippen LogP contribution in [-0.2, 0) is 0 Å². The molecule has 0 saturated heterocycles. The van der Waals surface area contributed by atoms with E-state index in [2.05, 4.69) is 9.97 Å². The van der Waals surface area contributed by atoms with Gasteiger partial charge in [0.15, 0.2) is 0 Å². The molecule has 3 N–H and O–H groups in total. The molecule has 0 amide bonds. The first-order chi connectivity index (χ1) is 9.47. The second kappa shape index (κ2) is 5.31. The van der Waals surface area contributed by atoms with Crippen LogP contribution in [0.5, 0.6) is 11.8 Å². The highest BCUT2D eigenvalue weighted by Gasteiger charge is 2.12. The molecule has 8 nitrogen and oxygen atoms in total. The second-order valence-corrected chi connectivity index (χ2v) is 3.95. The second-order valence-electron chi connectivity index (χ2n) is 3.95. The van der Waals surface area contributed by atoms with Crippen molar-refractivity contribution in [2.45, 2.75) is 6.92 Å². The van der Waals surface area contributed by atoms with Crippen molar-refractivity contribution in [1.82, 2.24) is 9.97 Å². The van der Waals surface area contributed by atoms with Gasteiger partial charge in [-0.25, -0.2) is 4.98 Å². The molecule has 0 atom stereocenters. The van der Waals surface area contributed by atoms with Crippen LogP contribution in [0.1, 0.15) is 11.3 Å². The van der Waals surface area contributed by atoms with Crippen molar-refractivity contribution in [3.8, 4) is 11.8 Å². The van der Waals surface area contributed by atoms with E-state index in [0.29, 0.717) is 5.56 Å². The molecule has 8 heteroatoms. The van der Waals surface area contributed by atoms with Gasteiger partial charge in [-0.1, -0.05) is 0 Å². The van der Waals surface area contributed by atoms with Crippen molar-refractivity contribution in [3.63, 3.8) is 0 Å². The third kappa shape index (κ3) is 2.86. The number of nitrogens with two attached hydrogens (primary N) is 1. The molecule has 0 unspecified atom stereocenters. The molecule has 1 heterocycles. The lowest BCUT2D eigenvalue weighted by molar-refractivity contribution is -0.384. The molecule has 1 aromatic carbocycles. The van der Waals surface area contributed by atoms with Gasteiger partial charge in [-0.15, -0.1) is 0 Å². The van der Waals surface area contributed by atoms with Crippen molar-refractivity contribution < 1.29 is 9.66 Å². The Morgan fingerprint density at radius 1 is 1.45 bits per heavy atom. The quantitative estimate of drug-likeness (QED) is 0.378. The zero-order valence-electron chi connectivity index (χ0n) is 10.5. The van der Waals surface area contributed by atoms with E-state index < -0.39 is 4.92 Å². The van der Waals surface area contributed by atoms with Gasteiger partial charge in [0.1, 0.15) is 17.3 Å². The number of hydrogen-bond donors (Lipinski definition) is 2. The third-order valence-corrected chi connectivity index (χ3v) is 2.49. The maximum Gasteiger partial charge on any atom is 0.322 e. The van der Waals surface area contributed by atoms with Crippen molar-refractivity contribution >= 4 is 11.5 Å². The smallest absolute Gasteiger partial charge is 0.322 e. The number of nitrogen functional groups attached to an aromatic ring is 1. The van der Waals surface area contributed by atoms with E-state index >= 15 is 0 Å². The molecule has 2 aromatic rings. The summed E-state index contributed by atoms with van der Waals surface area (Å²) in [6, 6.07) is 5.69. The van der Waals surface area contributed by atoms with Gasteiger partial charge in [-0.2, -0.15) is 4.98 Å². The molecule has 1 aromatic heterocycles. The normalized spacial score (nSPS) is 10.1. The Morgan fingerprint density at radius 3 is 2.85 bits per heavy atom. The number of aryl methyl sites for hydroxylation is 1. The average Bonchev–Trinajstić information content (AvgIpc) is 2.41. The number of aromatic nitrogens is 2. The summed E-state index contributed by atoms with van der Waals surface area (Å²) in [5.41, 5.74) is 6.15. The molecule has 0 fully saturated rings. The average molecular weight is 273 g/mol. The fourth-order valence-electron chi connectivity index (χ4n) is 1.45. The monoisotopic (exact) mass is 273 g/mol. The van der Waals surface area contributed by atoms with E-state index in [1.54, 1.807) is 13.0 Å². The van der Waals surface area contributed by atoms with Crippen molar-refractivity contribution in [1.29, 1.82) is 5.41 Å². The minimum Gasteiger partial charge on any atom is -0.424 e. The summed E-state index contributed by atoms with van der Waals surface area (Å²) < 4.78 is 5.41. The zero-order chi connectivity index (χ0) is 14.7. The molecule has 0 aliphatic rings. The Kier molecular flexibility index (Phi) is 3.56. The van der Waals surface area contributed by atoms with Crippen LogP contribution in [0.25, 0.3) is 0 Å². The molecular weight excluding hydrogens is 262 g/mol. The summed E-state index contributed by atoms with van der Waals surface area (Å²) in [7, 11) is 0. The van der Waals surface area contributed by atoms with Gasteiger partial charge in [-0.3, -0.25) is 15.5 Å². The summed E-state index contributed by atoms with van der Waals surface area (Å²) in [6.07, 6.45) is 1.39. The molecule has 0 spiro atoms. The number of nitro groups is 1. The predicted octanol–water partition coefficient (Wildman–Crippen LogP) is 1.77. The number of nitro benzene ring substituents is 1. The Balaban J connectivity index is 2.34. The first-order valence-corrected chi connectivity index (χ1v) is 5.57. The number of hydrogen-bond acceptors (Lipinski definition) is 6. The molecule has 0 radical (unpaired) electrons. The summed E-state index contributed by atoms with van der Waals surface area (Å²) in [5.74, 6) is 0.0629. The number of nitrogens with zero attached hydrogens (tertiary/aromatic N) is 3. The van der Waals surface area contributed by atoms with Gasteiger partial charge in [0.25, 0.3) is 5.69 Å². The summed E-state index contributed by atoms with van der Waals surface area (Å²) >= 11 is 0. The number of benzene rings is 1. The molecule has 2 rings (SSSR count). The van der Waals surface area contributed by atoms with E-state index in [9.17, 15) is 10.1 Å². The minimum atomic E-state index is -0.515. The first kappa shape index (κ1) is 13.4. The van der Waals surface area contributed by atoms with Gasteiger partial charge in [0, 0.05) is 12.3 Å². The van der Waals surface area contributed by atoms with Crippen molar-refractivity contribution in [2.75, 3.05) is 0 Å². The van der Waals surface area contributed by atoms with Gasteiger partial charge in [0.05, 0.1) is 11.0 Å². The molecular formula is C12H11N5O3. The van der Waals surface area contributed by atoms with Gasteiger partial charge >= 0.3 is 6.01 Å². The number of ether oxygens (including phenoxy) is 1. The molecule has 0 saturated carbocycles. The largest absolute Gasteiger partial charge is 0.424 e. The summed E-state index contributed by atoms with van der Waals surface area (Å²) in [4.78, 5) is 18.0. The SMILES string of the molecule is Cc1ccc([N+](=O)[O-])cc1Oc1nccc(C(=N)N)n1. The van der Waals surface area contributed by atoms with Crippen molar-refractivity contribution in [2.24, 2.45) is 5.73 Å². The van der Waals surface area contributed by atoms with E-state index in [4.69, 9.17) is 15.9 Å². The lowest BCUT2D eigenvalue weighted by Crippen LogP contribution is -2.13. The maximum absolute atomic E-state index is 10.7. The van der Waals surface area contributed by atoms with Crippen LogP contribution < -0.4 is 10.5 Å². The van der Waals surface area contributed by atoms with Crippen LogP contribution in [-0.4, -0.2) is 20.7 Å². The minimum absolute atomic E-state index is 0.0266. The van der Waals surface area contributed by atoms with Crippen LogP contribution in [0, 0.1) is 22.4 Å². The fourth-order valence-corrected chi connectivity index (χ4v) is 1.45. The molecule has 0 bridgehead atoms.